The summed E-state index contributed by atoms with van der Waals surface area (Å²) in [6.45, 7) is 3.86. The van der Waals surface area contributed by atoms with Crippen LogP contribution in [0.2, 0.25) is 0 Å². The summed E-state index contributed by atoms with van der Waals surface area (Å²) in [6.07, 6.45) is 0. The molecule has 0 aliphatic carbocycles. The van der Waals surface area contributed by atoms with E-state index in [9.17, 15) is 9.59 Å². The Kier molecular flexibility index (Phi) is 5.10. The highest BCUT2D eigenvalue weighted by molar-refractivity contribution is 7.12. The van der Waals surface area contributed by atoms with Crippen LogP contribution in [-0.4, -0.2) is 16.8 Å². The van der Waals surface area contributed by atoms with Crippen LogP contribution in [0.25, 0.3) is 10.9 Å². The van der Waals surface area contributed by atoms with Crippen LogP contribution in [0.1, 0.15) is 31.3 Å². The first-order valence-electron chi connectivity index (χ1n) is 9.14. The molecule has 0 saturated heterocycles. The molecule has 0 atom stereocenters. The second-order valence-electron chi connectivity index (χ2n) is 6.80. The van der Waals surface area contributed by atoms with Crippen molar-refractivity contribution in [3.63, 3.8) is 0 Å². The average molecular weight is 401 g/mol. The van der Waals surface area contributed by atoms with Gasteiger partial charge in [-0.15, -0.1) is 11.3 Å². The molecule has 0 spiro atoms. The lowest BCUT2D eigenvalue weighted by Crippen LogP contribution is -2.14. The number of aryl methyl sites for hydroxylation is 2. The fourth-order valence-electron chi connectivity index (χ4n) is 3.13. The van der Waals surface area contributed by atoms with Crippen LogP contribution < -0.4 is 10.6 Å². The molecular formula is C23H19N3O2S. The van der Waals surface area contributed by atoms with Crippen molar-refractivity contribution in [1.29, 1.82) is 0 Å². The van der Waals surface area contributed by atoms with Crippen LogP contribution in [0.4, 0.5) is 11.4 Å². The number of thiophene rings is 1. The lowest BCUT2D eigenvalue weighted by molar-refractivity contribution is 0.102. The monoisotopic (exact) mass is 401 g/mol. The molecule has 0 radical (unpaired) electrons. The Bertz CT molecular complexity index is 1220. The van der Waals surface area contributed by atoms with Crippen molar-refractivity contribution in [2.45, 2.75) is 13.8 Å². The van der Waals surface area contributed by atoms with Crippen molar-refractivity contribution in [3.05, 3.63) is 87.7 Å². The first-order chi connectivity index (χ1) is 14.0. The predicted octanol–water partition coefficient (Wildman–Crippen LogP) is 5.42. The Hall–Kier alpha value is -3.51. The smallest absolute Gasteiger partial charge is 0.265 e. The van der Waals surface area contributed by atoms with Crippen molar-refractivity contribution < 1.29 is 9.59 Å². The van der Waals surface area contributed by atoms with Gasteiger partial charge < -0.3 is 10.6 Å². The van der Waals surface area contributed by atoms with Crippen LogP contribution in [0, 0.1) is 13.8 Å². The van der Waals surface area contributed by atoms with Gasteiger partial charge in [0.05, 0.1) is 16.0 Å². The zero-order valence-electron chi connectivity index (χ0n) is 16.0. The van der Waals surface area contributed by atoms with Gasteiger partial charge in [-0.3, -0.25) is 14.6 Å². The largest absolute Gasteiger partial charge is 0.322 e. The third kappa shape index (κ3) is 4.17. The van der Waals surface area contributed by atoms with Gasteiger partial charge in [0.1, 0.15) is 0 Å². The highest BCUT2D eigenvalue weighted by atomic mass is 32.1. The molecule has 4 rings (SSSR count). The maximum atomic E-state index is 13.0. The summed E-state index contributed by atoms with van der Waals surface area (Å²) >= 11 is 1.38. The van der Waals surface area contributed by atoms with Crippen LogP contribution in [0.15, 0.2) is 66.0 Å². The minimum atomic E-state index is -0.215. The van der Waals surface area contributed by atoms with Crippen molar-refractivity contribution in [2.75, 3.05) is 10.6 Å². The molecule has 2 amide bonds. The van der Waals surface area contributed by atoms with Gasteiger partial charge in [0, 0.05) is 22.5 Å². The average Bonchev–Trinajstić information content (AvgIpc) is 3.23. The quantitative estimate of drug-likeness (QED) is 0.480. The Morgan fingerprint density at radius 3 is 2.34 bits per heavy atom. The van der Waals surface area contributed by atoms with Gasteiger partial charge in [-0.2, -0.15) is 0 Å². The number of carbonyl (C=O) groups is 2. The number of pyridine rings is 1. The van der Waals surface area contributed by atoms with E-state index in [2.05, 4.69) is 15.6 Å². The SMILES string of the molecule is Cc1ccc2nc(C)cc(C(=O)Nc3cccc(NC(=O)c4cccs4)c3)c2c1. The lowest BCUT2D eigenvalue weighted by Gasteiger charge is -2.11. The highest BCUT2D eigenvalue weighted by Crippen LogP contribution is 2.23. The second-order valence-corrected chi connectivity index (χ2v) is 7.75. The Morgan fingerprint density at radius 2 is 1.62 bits per heavy atom. The molecule has 2 N–H and O–H groups in total. The second kappa shape index (κ2) is 7.85. The molecule has 0 saturated carbocycles. The van der Waals surface area contributed by atoms with Gasteiger partial charge in [0.25, 0.3) is 11.8 Å². The molecule has 2 aromatic heterocycles. The minimum absolute atomic E-state index is 0.172. The molecule has 0 unspecified atom stereocenters. The number of nitrogens with zero attached hydrogens (tertiary/aromatic N) is 1. The first kappa shape index (κ1) is 18.8. The van der Waals surface area contributed by atoms with Crippen LogP contribution in [0.3, 0.4) is 0 Å². The summed E-state index contributed by atoms with van der Waals surface area (Å²) in [5, 5.41) is 8.45. The molecule has 0 aliphatic rings. The predicted molar refractivity (Wildman–Crippen MR) is 118 cm³/mol. The van der Waals surface area contributed by atoms with Crippen molar-refractivity contribution in [2.24, 2.45) is 0 Å². The summed E-state index contributed by atoms with van der Waals surface area (Å²) in [4.78, 5) is 30.4. The molecular weight excluding hydrogens is 382 g/mol. The van der Waals surface area contributed by atoms with Gasteiger partial charge >= 0.3 is 0 Å². The summed E-state index contributed by atoms with van der Waals surface area (Å²) in [5.41, 5.74) is 4.43. The van der Waals surface area contributed by atoms with E-state index >= 15 is 0 Å². The van der Waals surface area contributed by atoms with E-state index in [4.69, 9.17) is 0 Å². The number of amides is 2. The van der Waals surface area contributed by atoms with E-state index in [0.29, 0.717) is 21.8 Å². The summed E-state index contributed by atoms with van der Waals surface area (Å²) in [5.74, 6) is -0.387. The molecule has 0 aliphatic heterocycles. The maximum absolute atomic E-state index is 13.0. The standard InChI is InChI=1S/C23H19N3O2S/c1-14-8-9-20-18(11-14)19(12-15(2)24-20)22(27)25-16-5-3-6-17(13-16)26-23(28)21-7-4-10-29-21/h3-13H,1-2H3,(H,25,27)(H,26,28). The van der Waals surface area contributed by atoms with E-state index in [-0.39, 0.29) is 11.8 Å². The molecule has 4 aromatic rings. The Balaban J connectivity index is 1.58. The highest BCUT2D eigenvalue weighted by Gasteiger charge is 2.13. The number of carbonyl (C=O) groups excluding carboxylic acids is 2. The number of fused-ring (bicyclic) bond motifs is 1. The van der Waals surface area contributed by atoms with E-state index in [1.165, 1.54) is 11.3 Å². The number of anilines is 2. The number of rotatable bonds is 4. The van der Waals surface area contributed by atoms with Gasteiger partial charge in [-0.05, 0) is 61.7 Å². The first-order valence-corrected chi connectivity index (χ1v) is 10.0. The number of benzene rings is 2. The van der Waals surface area contributed by atoms with Crippen molar-refractivity contribution in [1.82, 2.24) is 4.98 Å². The summed E-state index contributed by atoms with van der Waals surface area (Å²) in [6, 6.07) is 18.4. The van der Waals surface area contributed by atoms with E-state index in [0.717, 1.165) is 22.2 Å². The van der Waals surface area contributed by atoms with Crippen LogP contribution >= 0.6 is 11.3 Å². The molecule has 2 aromatic carbocycles. The molecule has 29 heavy (non-hydrogen) atoms. The number of hydrogen-bond acceptors (Lipinski definition) is 4. The Morgan fingerprint density at radius 1 is 0.862 bits per heavy atom. The van der Waals surface area contributed by atoms with E-state index in [1.54, 1.807) is 36.4 Å². The Labute approximate surface area is 172 Å². The summed E-state index contributed by atoms with van der Waals surface area (Å²) < 4.78 is 0. The fraction of sp³-hybridized carbons (Fsp3) is 0.0870. The molecule has 2 heterocycles. The van der Waals surface area contributed by atoms with Crippen molar-refractivity contribution >= 4 is 45.4 Å². The normalized spacial score (nSPS) is 10.7. The molecule has 0 bridgehead atoms. The molecule has 5 nitrogen and oxygen atoms in total. The number of nitrogens with one attached hydrogen (secondary N) is 2. The molecule has 6 heteroatoms. The maximum Gasteiger partial charge on any atom is 0.265 e. The molecule has 144 valence electrons. The topological polar surface area (TPSA) is 71.1 Å². The van der Waals surface area contributed by atoms with Crippen LogP contribution in [0.5, 0.6) is 0 Å². The third-order valence-corrected chi connectivity index (χ3v) is 5.33. The molecule has 0 fully saturated rings. The number of aromatic nitrogens is 1. The van der Waals surface area contributed by atoms with Gasteiger partial charge in [-0.25, -0.2) is 0 Å². The van der Waals surface area contributed by atoms with Gasteiger partial charge in [0.15, 0.2) is 0 Å². The fourth-order valence-corrected chi connectivity index (χ4v) is 3.75. The van der Waals surface area contributed by atoms with Gasteiger partial charge in [0.2, 0.25) is 0 Å². The van der Waals surface area contributed by atoms with E-state index in [1.807, 2.05) is 43.5 Å². The number of hydrogen-bond donors (Lipinski definition) is 2. The van der Waals surface area contributed by atoms with Crippen molar-refractivity contribution in [3.8, 4) is 0 Å². The van der Waals surface area contributed by atoms with Gasteiger partial charge in [-0.1, -0.05) is 23.8 Å². The lowest BCUT2D eigenvalue weighted by atomic mass is 10.0. The third-order valence-electron chi connectivity index (χ3n) is 4.46. The minimum Gasteiger partial charge on any atom is -0.322 e. The zero-order chi connectivity index (χ0) is 20.4. The van der Waals surface area contributed by atoms with Crippen LogP contribution in [-0.2, 0) is 0 Å². The zero-order valence-corrected chi connectivity index (χ0v) is 16.8. The summed E-state index contributed by atoms with van der Waals surface area (Å²) in [7, 11) is 0. The van der Waals surface area contributed by atoms with E-state index < -0.39 is 0 Å².